The van der Waals surface area contributed by atoms with Crippen LogP contribution in [0.1, 0.15) is 39.0 Å². The van der Waals surface area contributed by atoms with Crippen molar-refractivity contribution >= 4 is 5.91 Å². The van der Waals surface area contributed by atoms with Crippen molar-refractivity contribution in [2.45, 2.75) is 45.1 Å². The van der Waals surface area contributed by atoms with Gasteiger partial charge in [0.25, 0.3) is 0 Å². The highest BCUT2D eigenvalue weighted by molar-refractivity contribution is 5.80. The molecule has 0 aromatic rings. The molecule has 0 saturated heterocycles. The molecule has 3 nitrogen and oxygen atoms in total. The Bertz CT molecular complexity index is 221. The highest BCUT2D eigenvalue weighted by Crippen LogP contribution is 2.19. The molecule has 1 amide bonds. The van der Waals surface area contributed by atoms with E-state index >= 15 is 0 Å². The number of nitrogens with two attached hydrogens (primary N) is 1. The average Bonchev–Trinajstić information content (AvgIpc) is 2.19. The Hall–Kier alpha value is -0.830. The summed E-state index contributed by atoms with van der Waals surface area (Å²) in [4.78, 5) is 11.1. The second kappa shape index (κ2) is 5.81. The van der Waals surface area contributed by atoms with Gasteiger partial charge in [0, 0.05) is 6.54 Å². The van der Waals surface area contributed by atoms with Crippen molar-refractivity contribution in [2.75, 3.05) is 6.54 Å². The summed E-state index contributed by atoms with van der Waals surface area (Å²) in [5.41, 5.74) is 6.92. The summed E-state index contributed by atoms with van der Waals surface area (Å²) < 4.78 is 0. The maximum Gasteiger partial charge on any atom is 0.236 e. The van der Waals surface area contributed by atoms with E-state index in [1.54, 1.807) is 6.92 Å². The normalized spacial score (nSPS) is 18.6. The molecule has 1 unspecified atom stereocenters. The van der Waals surface area contributed by atoms with Crippen molar-refractivity contribution < 1.29 is 4.79 Å². The van der Waals surface area contributed by atoms with E-state index in [1.165, 1.54) is 31.3 Å². The molecule has 0 heterocycles. The highest BCUT2D eigenvalue weighted by Gasteiger charge is 2.07. The molecule has 0 fully saturated rings. The molecule has 0 aliphatic heterocycles. The standard InChI is InChI=1S/C11H20N2O/c1-9(12)11(14)13-8-7-10-5-3-2-4-6-10/h5,9H,2-4,6-8,12H2,1H3,(H,13,14). The lowest BCUT2D eigenvalue weighted by molar-refractivity contribution is -0.121. The molecule has 0 radical (unpaired) electrons. The predicted octanol–water partition coefficient (Wildman–Crippen LogP) is 1.34. The zero-order chi connectivity index (χ0) is 10.4. The van der Waals surface area contributed by atoms with Crippen LogP contribution in [0.5, 0.6) is 0 Å². The van der Waals surface area contributed by atoms with Crippen molar-refractivity contribution in [3.63, 3.8) is 0 Å². The van der Waals surface area contributed by atoms with E-state index < -0.39 is 6.04 Å². The lowest BCUT2D eigenvalue weighted by atomic mass is 9.97. The molecule has 3 heteroatoms. The molecule has 1 aliphatic carbocycles. The summed E-state index contributed by atoms with van der Waals surface area (Å²) in [6, 6.07) is -0.393. The number of amides is 1. The molecule has 80 valence electrons. The van der Waals surface area contributed by atoms with Gasteiger partial charge in [0.1, 0.15) is 0 Å². The number of nitrogens with one attached hydrogen (secondary N) is 1. The van der Waals surface area contributed by atoms with Crippen LogP contribution in [0.2, 0.25) is 0 Å². The summed E-state index contributed by atoms with van der Waals surface area (Å²) in [7, 11) is 0. The topological polar surface area (TPSA) is 55.1 Å². The maximum atomic E-state index is 11.1. The Morgan fingerprint density at radius 1 is 1.64 bits per heavy atom. The lowest BCUT2D eigenvalue weighted by Gasteiger charge is -2.13. The molecule has 0 spiro atoms. The Kier molecular flexibility index (Phi) is 4.66. The lowest BCUT2D eigenvalue weighted by Crippen LogP contribution is -2.38. The second-order valence-corrected chi connectivity index (χ2v) is 3.94. The van der Waals surface area contributed by atoms with E-state index in [-0.39, 0.29) is 5.91 Å². The Morgan fingerprint density at radius 2 is 2.43 bits per heavy atom. The van der Waals surface area contributed by atoms with Crippen LogP contribution in [0.4, 0.5) is 0 Å². The molecule has 1 rings (SSSR count). The van der Waals surface area contributed by atoms with Crippen LogP contribution in [-0.2, 0) is 4.79 Å². The first kappa shape index (κ1) is 11.2. The molecule has 14 heavy (non-hydrogen) atoms. The van der Waals surface area contributed by atoms with E-state index in [0.29, 0.717) is 0 Å². The van der Waals surface area contributed by atoms with Crippen molar-refractivity contribution in [1.82, 2.24) is 5.32 Å². The second-order valence-electron chi connectivity index (χ2n) is 3.94. The molecule has 0 aromatic heterocycles. The SMILES string of the molecule is CC(N)C(=O)NCCC1=CCCCC1. The first-order chi connectivity index (χ1) is 6.70. The van der Waals surface area contributed by atoms with Crippen LogP contribution >= 0.6 is 0 Å². The third-order valence-corrected chi connectivity index (χ3v) is 2.54. The summed E-state index contributed by atoms with van der Waals surface area (Å²) in [6.45, 7) is 2.43. The van der Waals surface area contributed by atoms with Crippen LogP contribution in [0.25, 0.3) is 0 Å². The van der Waals surface area contributed by atoms with Gasteiger partial charge >= 0.3 is 0 Å². The molecule has 0 aromatic carbocycles. The van der Waals surface area contributed by atoms with Gasteiger partial charge < -0.3 is 11.1 Å². The predicted molar refractivity (Wildman–Crippen MR) is 57.8 cm³/mol. The minimum Gasteiger partial charge on any atom is -0.354 e. The Balaban J connectivity index is 2.14. The third kappa shape index (κ3) is 3.92. The van der Waals surface area contributed by atoms with Crippen LogP contribution in [0.3, 0.4) is 0 Å². The molecule has 0 saturated carbocycles. The molecule has 0 bridgehead atoms. The third-order valence-electron chi connectivity index (χ3n) is 2.54. The van der Waals surface area contributed by atoms with Crippen LogP contribution in [-0.4, -0.2) is 18.5 Å². The van der Waals surface area contributed by atoms with Crippen molar-refractivity contribution in [1.29, 1.82) is 0 Å². The van der Waals surface area contributed by atoms with E-state index in [4.69, 9.17) is 5.73 Å². The van der Waals surface area contributed by atoms with Gasteiger partial charge in [0.05, 0.1) is 6.04 Å². The number of allylic oxidation sites excluding steroid dienone is 1. The largest absolute Gasteiger partial charge is 0.354 e. The average molecular weight is 196 g/mol. The van der Waals surface area contributed by atoms with Crippen molar-refractivity contribution in [2.24, 2.45) is 5.73 Å². The van der Waals surface area contributed by atoms with Crippen LogP contribution < -0.4 is 11.1 Å². The molecular weight excluding hydrogens is 176 g/mol. The van der Waals surface area contributed by atoms with Crippen molar-refractivity contribution in [3.05, 3.63) is 11.6 Å². The van der Waals surface area contributed by atoms with E-state index in [1.807, 2.05) is 0 Å². The van der Waals surface area contributed by atoms with Gasteiger partial charge in [-0.05, 0) is 39.0 Å². The molecular formula is C11H20N2O. The molecule has 1 atom stereocenters. The summed E-state index contributed by atoms with van der Waals surface area (Å²) in [5, 5.41) is 2.82. The van der Waals surface area contributed by atoms with E-state index in [9.17, 15) is 4.79 Å². The van der Waals surface area contributed by atoms with Gasteiger partial charge in [-0.2, -0.15) is 0 Å². The van der Waals surface area contributed by atoms with Crippen molar-refractivity contribution in [3.8, 4) is 0 Å². The maximum absolute atomic E-state index is 11.1. The summed E-state index contributed by atoms with van der Waals surface area (Å²) in [5.74, 6) is -0.0543. The van der Waals surface area contributed by atoms with Gasteiger partial charge in [-0.1, -0.05) is 11.6 Å². The number of hydrogen-bond acceptors (Lipinski definition) is 2. The fourth-order valence-corrected chi connectivity index (χ4v) is 1.64. The molecule has 1 aliphatic rings. The highest BCUT2D eigenvalue weighted by atomic mass is 16.2. The monoisotopic (exact) mass is 196 g/mol. The minimum atomic E-state index is -0.393. The Labute approximate surface area is 85.7 Å². The quantitative estimate of drug-likeness (QED) is 0.667. The first-order valence-corrected chi connectivity index (χ1v) is 5.41. The number of carbonyl (C=O) groups excluding carboxylic acids is 1. The molecule has 3 N–H and O–H groups in total. The summed E-state index contributed by atoms with van der Waals surface area (Å²) >= 11 is 0. The first-order valence-electron chi connectivity index (χ1n) is 5.41. The van der Waals surface area contributed by atoms with E-state index in [0.717, 1.165) is 13.0 Å². The zero-order valence-corrected chi connectivity index (χ0v) is 8.88. The van der Waals surface area contributed by atoms with Gasteiger partial charge in [-0.15, -0.1) is 0 Å². The van der Waals surface area contributed by atoms with Gasteiger partial charge in [0.2, 0.25) is 5.91 Å². The summed E-state index contributed by atoms with van der Waals surface area (Å²) in [6.07, 6.45) is 8.31. The Morgan fingerprint density at radius 3 is 3.00 bits per heavy atom. The number of carbonyl (C=O) groups is 1. The van der Waals surface area contributed by atoms with Gasteiger partial charge in [-0.3, -0.25) is 4.79 Å². The smallest absolute Gasteiger partial charge is 0.236 e. The zero-order valence-electron chi connectivity index (χ0n) is 8.88. The fraction of sp³-hybridized carbons (Fsp3) is 0.727. The fourth-order valence-electron chi connectivity index (χ4n) is 1.64. The van der Waals surface area contributed by atoms with Gasteiger partial charge in [-0.25, -0.2) is 0 Å². The number of rotatable bonds is 4. The minimum absolute atomic E-state index is 0.0543. The van der Waals surface area contributed by atoms with Gasteiger partial charge in [0.15, 0.2) is 0 Å². The van der Waals surface area contributed by atoms with Crippen LogP contribution in [0, 0.1) is 0 Å². The van der Waals surface area contributed by atoms with E-state index in [2.05, 4.69) is 11.4 Å². The number of hydrogen-bond donors (Lipinski definition) is 2. The van der Waals surface area contributed by atoms with Crippen LogP contribution in [0.15, 0.2) is 11.6 Å².